The lowest BCUT2D eigenvalue weighted by Gasteiger charge is -2.20. The van der Waals surface area contributed by atoms with Gasteiger partial charge in [-0.2, -0.15) is 0 Å². The largest absolute Gasteiger partial charge is 0.495 e. The fraction of sp³-hybridized carbons (Fsp3) is 0.417. The van der Waals surface area contributed by atoms with E-state index in [1.165, 1.54) is 11.3 Å². The summed E-state index contributed by atoms with van der Waals surface area (Å²) in [6.45, 7) is 2.96. The van der Waals surface area contributed by atoms with E-state index in [4.69, 9.17) is 4.74 Å². The van der Waals surface area contributed by atoms with E-state index in [2.05, 4.69) is 34.5 Å². The summed E-state index contributed by atoms with van der Waals surface area (Å²) < 4.78 is 5.40. The average molecular weight is 410 g/mol. The molecule has 2 aromatic rings. The molecule has 3 rings (SSSR count). The van der Waals surface area contributed by atoms with E-state index in [-0.39, 0.29) is 24.2 Å². The molecule has 1 aliphatic rings. The Labute approximate surface area is 178 Å². The molecule has 2 aromatic carbocycles. The third-order valence-electron chi connectivity index (χ3n) is 5.52. The Morgan fingerprint density at radius 2 is 1.93 bits per heavy atom. The predicted molar refractivity (Wildman–Crippen MR) is 120 cm³/mol. The zero-order valence-corrected chi connectivity index (χ0v) is 18.3. The fourth-order valence-corrected chi connectivity index (χ4v) is 3.74. The molecule has 1 atom stereocenters. The average Bonchev–Trinajstić information content (AvgIpc) is 3.13. The quantitative estimate of drug-likeness (QED) is 0.681. The molecule has 0 bridgehead atoms. The number of hydrogen-bond donors (Lipinski definition) is 1. The first-order valence-electron chi connectivity index (χ1n) is 10.4. The molecule has 2 amide bonds. The Morgan fingerprint density at radius 1 is 1.20 bits per heavy atom. The van der Waals surface area contributed by atoms with Crippen LogP contribution in [-0.2, 0) is 16.0 Å². The molecule has 1 saturated heterocycles. The molecule has 30 heavy (non-hydrogen) atoms. The van der Waals surface area contributed by atoms with Crippen molar-refractivity contribution in [1.29, 1.82) is 0 Å². The van der Waals surface area contributed by atoms with Crippen molar-refractivity contribution < 1.29 is 14.3 Å². The second-order valence-corrected chi connectivity index (χ2v) is 8.04. The van der Waals surface area contributed by atoms with E-state index in [0.717, 1.165) is 24.1 Å². The van der Waals surface area contributed by atoms with E-state index in [1.807, 2.05) is 39.2 Å². The summed E-state index contributed by atoms with van der Waals surface area (Å²) in [4.78, 5) is 28.9. The van der Waals surface area contributed by atoms with Gasteiger partial charge < -0.3 is 19.9 Å². The van der Waals surface area contributed by atoms with Crippen LogP contribution in [0.1, 0.15) is 24.0 Å². The molecular formula is C24H31N3O3. The topological polar surface area (TPSA) is 61.9 Å². The maximum atomic E-state index is 12.6. The number of benzene rings is 2. The summed E-state index contributed by atoms with van der Waals surface area (Å²) in [6.07, 6.45) is 2.00. The van der Waals surface area contributed by atoms with E-state index >= 15 is 0 Å². The molecule has 6 nitrogen and oxygen atoms in total. The molecule has 0 aliphatic carbocycles. The third kappa shape index (κ3) is 5.12. The lowest BCUT2D eigenvalue weighted by Crippen LogP contribution is -2.33. The number of nitrogens with one attached hydrogen (secondary N) is 1. The fourth-order valence-electron chi connectivity index (χ4n) is 3.74. The molecule has 0 spiro atoms. The number of nitrogens with zero attached hydrogens (tertiary/aromatic N) is 2. The van der Waals surface area contributed by atoms with Crippen molar-refractivity contribution in [2.45, 2.75) is 26.2 Å². The minimum absolute atomic E-state index is 0.0416. The van der Waals surface area contributed by atoms with Gasteiger partial charge in [0.25, 0.3) is 0 Å². The van der Waals surface area contributed by atoms with Gasteiger partial charge in [0.05, 0.1) is 18.7 Å². The van der Waals surface area contributed by atoms with Crippen molar-refractivity contribution in [3.05, 3.63) is 53.6 Å². The second-order valence-electron chi connectivity index (χ2n) is 8.04. The molecule has 0 aromatic heterocycles. The van der Waals surface area contributed by atoms with Crippen molar-refractivity contribution in [2.75, 3.05) is 44.1 Å². The van der Waals surface area contributed by atoms with Crippen molar-refractivity contribution >= 4 is 23.2 Å². The minimum atomic E-state index is -0.331. The van der Waals surface area contributed by atoms with Crippen molar-refractivity contribution in [3.63, 3.8) is 0 Å². The summed E-state index contributed by atoms with van der Waals surface area (Å²) in [7, 11) is 5.63. The molecule has 0 radical (unpaired) electrons. The molecular weight excluding hydrogens is 378 g/mol. The number of aryl methyl sites for hydroxylation is 2. The van der Waals surface area contributed by atoms with Crippen LogP contribution in [-0.4, -0.2) is 46.1 Å². The van der Waals surface area contributed by atoms with E-state index < -0.39 is 0 Å². The lowest BCUT2D eigenvalue weighted by molar-refractivity contribution is -0.126. The van der Waals surface area contributed by atoms with Gasteiger partial charge in [0.2, 0.25) is 11.8 Å². The number of hydrogen-bond acceptors (Lipinski definition) is 4. The summed E-state index contributed by atoms with van der Waals surface area (Å²) in [6, 6.07) is 14.2. The second kappa shape index (κ2) is 9.65. The van der Waals surface area contributed by atoms with Gasteiger partial charge in [-0.05, 0) is 55.2 Å². The van der Waals surface area contributed by atoms with Crippen LogP contribution >= 0.6 is 0 Å². The zero-order chi connectivity index (χ0) is 21.7. The van der Waals surface area contributed by atoms with Crippen LogP contribution in [0.5, 0.6) is 5.75 Å². The molecule has 0 saturated carbocycles. The summed E-state index contributed by atoms with van der Waals surface area (Å²) >= 11 is 0. The van der Waals surface area contributed by atoms with Crippen LogP contribution in [0, 0.1) is 12.8 Å². The number of carbonyl (C=O) groups is 2. The van der Waals surface area contributed by atoms with Crippen LogP contribution in [0.4, 0.5) is 11.4 Å². The van der Waals surface area contributed by atoms with Gasteiger partial charge in [0.1, 0.15) is 5.75 Å². The van der Waals surface area contributed by atoms with Crippen molar-refractivity contribution in [1.82, 2.24) is 5.32 Å². The number of amides is 2. The van der Waals surface area contributed by atoms with Gasteiger partial charge in [-0.15, -0.1) is 0 Å². The maximum Gasteiger partial charge on any atom is 0.227 e. The van der Waals surface area contributed by atoms with Gasteiger partial charge in [-0.25, -0.2) is 0 Å². The van der Waals surface area contributed by atoms with Crippen molar-refractivity contribution in [3.8, 4) is 5.75 Å². The first-order valence-corrected chi connectivity index (χ1v) is 10.4. The Morgan fingerprint density at radius 3 is 2.60 bits per heavy atom. The normalized spacial score (nSPS) is 15.9. The highest BCUT2D eigenvalue weighted by Gasteiger charge is 2.36. The van der Waals surface area contributed by atoms with Crippen LogP contribution in [0.25, 0.3) is 0 Å². The summed E-state index contributed by atoms with van der Waals surface area (Å²) in [5.41, 5.74) is 4.21. The highest BCUT2D eigenvalue weighted by Crippen LogP contribution is 2.33. The first-order chi connectivity index (χ1) is 14.4. The summed E-state index contributed by atoms with van der Waals surface area (Å²) in [5.74, 6) is 0.220. The SMILES string of the molecule is COc1ccc(C)cc1N1CC(C(=O)NCCCc2ccc(N(C)C)cc2)CC1=O. The highest BCUT2D eigenvalue weighted by atomic mass is 16.5. The van der Waals surface area contributed by atoms with Gasteiger partial charge in [-0.3, -0.25) is 9.59 Å². The van der Waals surface area contributed by atoms with Gasteiger partial charge in [0.15, 0.2) is 0 Å². The first kappa shape index (κ1) is 21.7. The Balaban J connectivity index is 1.49. The van der Waals surface area contributed by atoms with Crippen LogP contribution < -0.4 is 19.9 Å². The summed E-state index contributed by atoms with van der Waals surface area (Å²) in [5, 5.41) is 3.00. The molecule has 6 heteroatoms. The molecule has 160 valence electrons. The van der Waals surface area contributed by atoms with Crippen LogP contribution in [0.3, 0.4) is 0 Å². The number of methoxy groups -OCH3 is 1. The van der Waals surface area contributed by atoms with Crippen LogP contribution in [0.2, 0.25) is 0 Å². The lowest BCUT2D eigenvalue weighted by atomic mass is 10.1. The van der Waals surface area contributed by atoms with E-state index in [0.29, 0.717) is 18.8 Å². The molecule has 1 N–H and O–H groups in total. The minimum Gasteiger partial charge on any atom is -0.495 e. The highest BCUT2D eigenvalue weighted by molar-refractivity contribution is 6.01. The number of carbonyl (C=O) groups excluding carboxylic acids is 2. The standard InChI is InChI=1S/C24H31N3O3/c1-17-7-12-22(30-4)21(14-17)27-16-19(15-23(27)28)24(29)25-13-5-6-18-8-10-20(11-9-18)26(2)3/h7-12,14,19H,5-6,13,15-16H2,1-4H3,(H,25,29). The smallest absolute Gasteiger partial charge is 0.227 e. The van der Waals surface area contributed by atoms with Crippen LogP contribution in [0.15, 0.2) is 42.5 Å². The Bertz CT molecular complexity index is 893. The Hall–Kier alpha value is -3.02. The van der Waals surface area contributed by atoms with Gasteiger partial charge >= 0.3 is 0 Å². The zero-order valence-electron chi connectivity index (χ0n) is 18.3. The molecule has 1 aliphatic heterocycles. The Kier molecular flexibility index (Phi) is 6.98. The van der Waals surface area contributed by atoms with E-state index in [9.17, 15) is 9.59 Å². The predicted octanol–water partition coefficient (Wildman–Crippen LogP) is 3.17. The van der Waals surface area contributed by atoms with Crippen molar-refractivity contribution in [2.24, 2.45) is 5.92 Å². The maximum absolute atomic E-state index is 12.6. The molecule has 1 fully saturated rings. The number of anilines is 2. The molecule has 1 heterocycles. The monoisotopic (exact) mass is 409 g/mol. The third-order valence-corrected chi connectivity index (χ3v) is 5.52. The number of ether oxygens (including phenoxy) is 1. The van der Waals surface area contributed by atoms with Gasteiger partial charge in [0, 0.05) is 39.3 Å². The number of rotatable bonds is 8. The van der Waals surface area contributed by atoms with Gasteiger partial charge in [-0.1, -0.05) is 18.2 Å². The molecule has 1 unspecified atom stereocenters. The van der Waals surface area contributed by atoms with E-state index in [1.54, 1.807) is 12.0 Å².